The predicted molar refractivity (Wildman–Crippen MR) is 103 cm³/mol. The lowest BCUT2D eigenvalue weighted by Gasteiger charge is -2.17. The van der Waals surface area contributed by atoms with Gasteiger partial charge in [0, 0.05) is 42.7 Å². The number of hydrogen-bond donors (Lipinski definition) is 2. The summed E-state index contributed by atoms with van der Waals surface area (Å²) >= 11 is 5.89. The summed E-state index contributed by atoms with van der Waals surface area (Å²) in [4.78, 5) is 25.9. The molecule has 0 aliphatic carbocycles. The van der Waals surface area contributed by atoms with Crippen LogP contribution in [0, 0.1) is 5.92 Å². The first kappa shape index (κ1) is 18.3. The van der Waals surface area contributed by atoms with Gasteiger partial charge in [0.2, 0.25) is 5.91 Å². The molecule has 1 saturated heterocycles. The van der Waals surface area contributed by atoms with Gasteiger partial charge in [0.05, 0.1) is 0 Å². The molecule has 0 spiro atoms. The molecule has 0 bridgehead atoms. The van der Waals surface area contributed by atoms with Crippen molar-refractivity contribution in [2.75, 3.05) is 24.5 Å². The fraction of sp³-hybridized carbons (Fsp3) is 0.300. The second-order valence-corrected chi connectivity index (χ2v) is 6.86. The van der Waals surface area contributed by atoms with Crippen molar-refractivity contribution in [1.29, 1.82) is 0 Å². The third kappa shape index (κ3) is 4.99. The molecule has 1 atom stereocenters. The number of urea groups is 1. The first-order chi connectivity index (χ1) is 12.6. The van der Waals surface area contributed by atoms with Crippen LogP contribution in [0.2, 0.25) is 5.02 Å². The smallest absolute Gasteiger partial charge is 0.314 e. The largest absolute Gasteiger partial charge is 0.338 e. The minimum absolute atomic E-state index is 0.0728. The van der Waals surface area contributed by atoms with Crippen LogP contribution < -0.4 is 15.5 Å². The standard InChI is InChI=1S/C20H22ClN3O2/c21-17-6-8-18(9-7-17)24-14-16(12-19(24)25)13-23-20(26)22-11-10-15-4-2-1-3-5-15/h1-9,16H,10-14H2,(H2,22,23,26)/t16-/m0/s1. The molecule has 26 heavy (non-hydrogen) atoms. The molecule has 0 aromatic heterocycles. The number of benzene rings is 2. The summed E-state index contributed by atoms with van der Waals surface area (Å²) < 4.78 is 0. The van der Waals surface area contributed by atoms with Crippen molar-refractivity contribution in [3.8, 4) is 0 Å². The van der Waals surface area contributed by atoms with Crippen LogP contribution in [0.1, 0.15) is 12.0 Å². The molecule has 1 heterocycles. The Balaban J connectivity index is 1.40. The molecule has 0 saturated carbocycles. The molecule has 2 N–H and O–H groups in total. The number of nitrogens with zero attached hydrogens (tertiary/aromatic N) is 1. The molecule has 3 rings (SSSR count). The number of nitrogens with one attached hydrogen (secondary N) is 2. The number of halogens is 1. The maximum absolute atomic E-state index is 12.2. The average molecular weight is 372 g/mol. The monoisotopic (exact) mass is 371 g/mol. The summed E-state index contributed by atoms with van der Waals surface area (Å²) in [6.07, 6.45) is 1.23. The number of anilines is 1. The van der Waals surface area contributed by atoms with Gasteiger partial charge in [-0.3, -0.25) is 4.79 Å². The topological polar surface area (TPSA) is 61.4 Å². The highest BCUT2D eigenvalue weighted by atomic mass is 35.5. The Morgan fingerprint density at radius 2 is 1.81 bits per heavy atom. The molecule has 2 aromatic rings. The zero-order valence-electron chi connectivity index (χ0n) is 14.5. The SMILES string of the molecule is O=C(NCCc1ccccc1)NC[C@@H]1CC(=O)N(c2ccc(Cl)cc2)C1. The Morgan fingerprint density at radius 1 is 1.08 bits per heavy atom. The minimum atomic E-state index is -0.196. The van der Waals surface area contributed by atoms with Gasteiger partial charge in [0.25, 0.3) is 0 Å². The molecule has 1 aliphatic rings. The van der Waals surface area contributed by atoms with Crippen LogP contribution in [-0.2, 0) is 11.2 Å². The molecule has 136 valence electrons. The van der Waals surface area contributed by atoms with Crippen LogP contribution >= 0.6 is 11.6 Å². The van der Waals surface area contributed by atoms with Crippen molar-refractivity contribution in [2.24, 2.45) is 5.92 Å². The van der Waals surface area contributed by atoms with Gasteiger partial charge in [0.15, 0.2) is 0 Å². The van der Waals surface area contributed by atoms with Gasteiger partial charge in [-0.2, -0.15) is 0 Å². The summed E-state index contributed by atoms with van der Waals surface area (Å²) in [6, 6.07) is 17.0. The van der Waals surface area contributed by atoms with E-state index in [4.69, 9.17) is 11.6 Å². The van der Waals surface area contributed by atoms with Gasteiger partial charge in [-0.15, -0.1) is 0 Å². The van der Waals surface area contributed by atoms with Crippen LogP contribution in [0.4, 0.5) is 10.5 Å². The van der Waals surface area contributed by atoms with Crippen molar-refractivity contribution in [3.63, 3.8) is 0 Å². The zero-order valence-corrected chi connectivity index (χ0v) is 15.2. The Labute approximate surface area is 158 Å². The number of rotatable bonds is 6. The first-order valence-corrected chi connectivity index (χ1v) is 9.11. The summed E-state index contributed by atoms with van der Waals surface area (Å²) in [5.41, 5.74) is 2.03. The molecular formula is C20H22ClN3O2. The molecule has 6 heteroatoms. The van der Waals surface area contributed by atoms with Gasteiger partial charge in [-0.1, -0.05) is 41.9 Å². The Kier molecular flexibility index (Phi) is 6.12. The van der Waals surface area contributed by atoms with Crippen molar-refractivity contribution in [3.05, 3.63) is 65.2 Å². The van der Waals surface area contributed by atoms with E-state index in [1.54, 1.807) is 17.0 Å². The van der Waals surface area contributed by atoms with E-state index >= 15 is 0 Å². The van der Waals surface area contributed by atoms with Crippen molar-refractivity contribution >= 4 is 29.2 Å². The van der Waals surface area contributed by atoms with Crippen LogP contribution in [0.5, 0.6) is 0 Å². The first-order valence-electron chi connectivity index (χ1n) is 8.73. The minimum Gasteiger partial charge on any atom is -0.338 e. The zero-order chi connectivity index (χ0) is 18.4. The van der Waals surface area contributed by atoms with Gasteiger partial charge in [-0.05, 0) is 36.2 Å². The Bertz CT molecular complexity index is 749. The van der Waals surface area contributed by atoms with E-state index in [0.29, 0.717) is 31.1 Å². The molecule has 1 aliphatic heterocycles. The number of carbonyl (C=O) groups excluding carboxylic acids is 2. The fourth-order valence-electron chi connectivity index (χ4n) is 3.05. The van der Waals surface area contributed by atoms with Crippen molar-refractivity contribution in [2.45, 2.75) is 12.8 Å². The number of amides is 3. The van der Waals surface area contributed by atoms with E-state index in [0.717, 1.165) is 12.1 Å². The van der Waals surface area contributed by atoms with Gasteiger partial charge in [-0.25, -0.2) is 4.79 Å². The van der Waals surface area contributed by atoms with Gasteiger partial charge >= 0.3 is 6.03 Å². The lowest BCUT2D eigenvalue weighted by atomic mass is 10.1. The van der Waals surface area contributed by atoms with Crippen LogP contribution in [0.25, 0.3) is 0 Å². The second kappa shape index (κ2) is 8.72. The molecule has 2 aromatic carbocycles. The molecule has 3 amide bonds. The highest BCUT2D eigenvalue weighted by Gasteiger charge is 2.30. The lowest BCUT2D eigenvalue weighted by molar-refractivity contribution is -0.117. The highest BCUT2D eigenvalue weighted by Crippen LogP contribution is 2.25. The third-order valence-corrected chi connectivity index (χ3v) is 4.69. The summed E-state index contributed by atoms with van der Waals surface area (Å²) in [6.45, 7) is 1.66. The molecule has 1 fully saturated rings. The lowest BCUT2D eigenvalue weighted by Crippen LogP contribution is -2.39. The molecule has 0 unspecified atom stereocenters. The highest BCUT2D eigenvalue weighted by molar-refractivity contribution is 6.30. The second-order valence-electron chi connectivity index (χ2n) is 6.42. The van der Waals surface area contributed by atoms with E-state index in [1.807, 2.05) is 42.5 Å². The van der Waals surface area contributed by atoms with Crippen LogP contribution in [0.3, 0.4) is 0 Å². The maximum atomic E-state index is 12.2. The normalized spacial score (nSPS) is 16.6. The fourth-order valence-corrected chi connectivity index (χ4v) is 3.18. The summed E-state index contributed by atoms with van der Waals surface area (Å²) in [5, 5.41) is 6.36. The van der Waals surface area contributed by atoms with Crippen LogP contribution in [0.15, 0.2) is 54.6 Å². The quantitative estimate of drug-likeness (QED) is 0.818. The van der Waals surface area contributed by atoms with Crippen LogP contribution in [-0.4, -0.2) is 31.6 Å². The Hall–Kier alpha value is -2.53. The van der Waals surface area contributed by atoms with E-state index in [1.165, 1.54) is 5.56 Å². The average Bonchev–Trinajstić information content (AvgIpc) is 3.02. The van der Waals surface area contributed by atoms with E-state index in [9.17, 15) is 9.59 Å². The predicted octanol–water partition coefficient (Wildman–Crippen LogP) is 3.23. The van der Waals surface area contributed by atoms with Gasteiger partial charge in [0.1, 0.15) is 0 Å². The van der Waals surface area contributed by atoms with E-state index in [-0.39, 0.29) is 17.9 Å². The molecule has 0 radical (unpaired) electrons. The summed E-state index contributed by atoms with van der Waals surface area (Å²) in [5.74, 6) is 0.182. The Morgan fingerprint density at radius 3 is 2.54 bits per heavy atom. The molecule has 5 nitrogen and oxygen atoms in total. The third-order valence-electron chi connectivity index (χ3n) is 4.44. The van der Waals surface area contributed by atoms with Crippen molar-refractivity contribution < 1.29 is 9.59 Å². The van der Waals surface area contributed by atoms with E-state index < -0.39 is 0 Å². The maximum Gasteiger partial charge on any atom is 0.314 e. The van der Waals surface area contributed by atoms with Gasteiger partial charge < -0.3 is 15.5 Å². The number of carbonyl (C=O) groups is 2. The summed E-state index contributed by atoms with van der Waals surface area (Å²) in [7, 11) is 0. The van der Waals surface area contributed by atoms with Crippen molar-refractivity contribution in [1.82, 2.24) is 10.6 Å². The number of hydrogen-bond acceptors (Lipinski definition) is 2. The van der Waals surface area contributed by atoms with E-state index in [2.05, 4.69) is 10.6 Å². The molecular weight excluding hydrogens is 350 g/mol.